The van der Waals surface area contributed by atoms with Gasteiger partial charge in [0.25, 0.3) is 0 Å². The molecule has 0 aliphatic rings. The Balaban J connectivity index is 1.12. The van der Waals surface area contributed by atoms with Crippen molar-refractivity contribution in [1.29, 1.82) is 0 Å². The van der Waals surface area contributed by atoms with Crippen LogP contribution in [0.1, 0.15) is 0 Å². The van der Waals surface area contributed by atoms with Crippen LogP contribution in [0, 0.1) is 0 Å². The van der Waals surface area contributed by atoms with Crippen LogP contribution >= 0.6 is 11.3 Å². The van der Waals surface area contributed by atoms with E-state index in [4.69, 9.17) is 15.0 Å². The van der Waals surface area contributed by atoms with Crippen molar-refractivity contribution < 1.29 is 0 Å². The summed E-state index contributed by atoms with van der Waals surface area (Å²) in [5, 5.41) is 7.01. The molecule has 0 fully saturated rings. The molecular formula is C57H35N5S. The summed E-state index contributed by atoms with van der Waals surface area (Å²) in [6.07, 6.45) is 0. The number of benzene rings is 9. The molecule has 0 N–H and O–H groups in total. The molecule has 13 rings (SSSR count). The standard InChI is InChI=1S/C57H35N5S/c1-4-16-36(17-5-1)39-28-31-49(45(34-39)37-18-6-2-7-19-37)61-48-26-14-11-24-44(48)53-50(61)32-30-43-41-22-10-13-25-47(41)62(54(43)53)57-59-55(38-20-8-3-9-21-38)58-56(60-57)40-29-33-52-46(35-40)42-23-12-15-27-51(42)63-52/h1-35H. The number of hydrogen-bond acceptors (Lipinski definition) is 4. The molecular weight excluding hydrogens is 787 g/mol. The van der Waals surface area contributed by atoms with Crippen LogP contribution in [0.3, 0.4) is 0 Å². The highest BCUT2D eigenvalue weighted by Gasteiger charge is 2.24. The lowest BCUT2D eigenvalue weighted by atomic mass is 9.97. The summed E-state index contributed by atoms with van der Waals surface area (Å²) in [5.74, 6) is 1.82. The lowest BCUT2D eigenvalue weighted by molar-refractivity contribution is 0.955. The number of thiophene rings is 1. The highest BCUT2D eigenvalue weighted by molar-refractivity contribution is 7.25. The van der Waals surface area contributed by atoms with E-state index in [1.54, 1.807) is 0 Å². The summed E-state index contributed by atoms with van der Waals surface area (Å²) < 4.78 is 7.22. The van der Waals surface area contributed by atoms with Crippen LogP contribution in [-0.2, 0) is 0 Å². The van der Waals surface area contributed by atoms with Crippen LogP contribution < -0.4 is 0 Å². The fraction of sp³-hybridized carbons (Fsp3) is 0. The van der Waals surface area contributed by atoms with Gasteiger partial charge >= 0.3 is 0 Å². The zero-order chi connectivity index (χ0) is 41.4. The van der Waals surface area contributed by atoms with Crippen LogP contribution in [0.5, 0.6) is 0 Å². The molecule has 13 aromatic rings. The molecule has 0 spiro atoms. The molecule has 0 aliphatic carbocycles. The summed E-state index contributed by atoms with van der Waals surface area (Å²) >= 11 is 1.81. The summed E-state index contributed by atoms with van der Waals surface area (Å²) in [6, 6.07) is 75.7. The van der Waals surface area contributed by atoms with E-state index in [-0.39, 0.29) is 0 Å². The van der Waals surface area contributed by atoms with Crippen molar-refractivity contribution in [1.82, 2.24) is 24.1 Å². The lowest BCUT2D eigenvalue weighted by Gasteiger charge is -2.16. The molecule has 9 aromatic carbocycles. The predicted octanol–water partition coefficient (Wildman–Crippen LogP) is 15.1. The zero-order valence-electron chi connectivity index (χ0n) is 33.9. The molecule has 0 radical (unpaired) electrons. The average molecular weight is 822 g/mol. The van der Waals surface area contributed by atoms with E-state index in [1.807, 2.05) is 29.5 Å². The number of hydrogen-bond donors (Lipinski definition) is 0. The average Bonchev–Trinajstić information content (AvgIpc) is 4.02. The third-order valence-corrected chi connectivity index (χ3v) is 13.5. The van der Waals surface area contributed by atoms with E-state index in [2.05, 4.69) is 203 Å². The Labute approximate surface area is 366 Å². The Morgan fingerprint density at radius 1 is 0.333 bits per heavy atom. The number of rotatable bonds is 6. The van der Waals surface area contributed by atoms with Gasteiger partial charge in [0.2, 0.25) is 5.95 Å². The van der Waals surface area contributed by atoms with Gasteiger partial charge in [-0.05, 0) is 71.3 Å². The molecule has 0 saturated heterocycles. The van der Waals surface area contributed by atoms with E-state index in [1.165, 1.54) is 31.3 Å². The Morgan fingerprint density at radius 3 is 1.68 bits per heavy atom. The minimum atomic E-state index is 0.571. The van der Waals surface area contributed by atoms with Gasteiger partial charge in [0.15, 0.2) is 11.6 Å². The third-order valence-electron chi connectivity index (χ3n) is 12.4. The number of para-hydroxylation sites is 2. The van der Waals surface area contributed by atoms with Gasteiger partial charge < -0.3 is 4.57 Å². The van der Waals surface area contributed by atoms with Gasteiger partial charge in [-0.25, -0.2) is 4.98 Å². The maximum absolute atomic E-state index is 5.42. The minimum Gasteiger partial charge on any atom is -0.309 e. The molecule has 294 valence electrons. The van der Waals surface area contributed by atoms with Crippen molar-refractivity contribution in [2.24, 2.45) is 0 Å². The van der Waals surface area contributed by atoms with E-state index in [0.717, 1.165) is 71.6 Å². The summed E-state index contributed by atoms with van der Waals surface area (Å²) in [6.45, 7) is 0. The first-order valence-electron chi connectivity index (χ1n) is 21.2. The normalized spacial score (nSPS) is 11.8. The fourth-order valence-corrected chi connectivity index (χ4v) is 10.6. The van der Waals surface area contributed by atoms with E-state index in [0.29, 0.717) is 17.6 Å². The maximum atomic E-state index is 5.42. The number of aromatic nitrogens is 5. The largest absolute Gasteiger partial charge is 0.309 e. The molecule has 4 aromatic heterocycles. The second-order valence-electron chi connectivity index (χ2n) is 16.0. The first-order valence-corrected chi connectivity index (χ1v) is 22.0. The molecule has 5 nitrogen and oxygen atoms in total. The van der Waals surface area contributed by atoms with Gasteiger partial charge in [-0.3, -0.25) is 4.57 Å². The van der Waals surface area contributed by atoms with Crippen LogP contribution in [0.2, 0.25) is 0 Å². The first kappa shape index (κ1) is 35.6. The molecule has 4 heterocycles. The Bertz CT molecular complexity index is 3900. The van der Waals surface area contributed by atoms with Crippen molar-refractivity contribution in [3.05, 3.63) is 212 Å². The number of fused-ring (bicyclic) bond motifs is 10. The van der Waals surface area contributed by atoms with Gasteiger partial charge in [0.05, 0.1) is 27.8 Å². The zero-order valence-corrected chi connectivity index (χ0v) is 34.7. The fourth-order valence-electron chi connectivity index (χ4n) is 9.54. The monoisotopic (exact) mass is 821 g/mol. The van der Waals surface area contributed by atoms with Crippen molar-refractivity contribution in [2.75, 3.05) is 0 Å². The highest BCUT2D eigenvalue weighted by Crippen LogP contribution is 2.44. The van der Waals surface area contributed by atoms with Crippen molar-refractivity contribution in [3.8, 4) is 56.7 Å². The third kappa shape index (κ3) is 5.66. The second kappa shape index (κ2) is 14.2. The van der Waals surface area contributed by atoms with Gasteiger partial charge in [0.1, 0.15) is 0 Å². The van der Waals surface area contributed by atoms with Crippen molar-refractivity contribution in [3.63, 3.8) is 0 Å². The van der Waals surface area contributed by atoms with Crippen molar-refractivity contribution >= 4 is 75.1 Å². The van der Waals surface area contributed by atoms with E-state index >= 15 is 0 Å². The first-order chi connectivity index (χ1) is 31.2. The molecule has 6 heteroatoms. The smallest absolute Gasteiger partial charge is 0.238 e. The molecule has 0 amide bonds. The highest BCUT2D eigenvalue weighted by atomic mass is 32.1. The Morgan fingerprint density at radius 2 is 0.921 bits per heavy atom. The van der Waals surface area contributed by atoms with Gasteiger partial charge in [0, 0.05) is 58.4 Å². The summed E-state index contributed by atoms with van der Waals surface area (Å²) in [5.41, 5.74) is 12.0. The molecule has 0 unspecified atom stereocenters. The number of nitrogens with zero attached hydrogens (tertiary/aromatic N) is 5. The molecule has 0 aliphatic heterocycles. The van der Waals surface area contributed by atoms with Crippen LogP contribution in [-0.4, -0.2) is 24.1 Å². The summed E-state index contributed by atoms with van der Waals surface area (Å²) in [7, 11) is 0. The van der Waals surface area contributed by atoms with Crippen molar-refractivity contribution in [2.45, 2.75) is 0 Å². The van der Waals surface area contributed by atoms with Gasteiger partial charge in [-0.2, -0.15) is 9.97 Å². The molecule has 0 saturated carbocycles. The predicted molar refractivity (Wildman–Crippen MR) is 263 cm³/mol. The Kier molecular flexibility index (Phi) is 8.01. The minimum absolute atomic E-state index is 0.571. The van der Waals surface area contributed by atoms with Crippen LogP contribution in [0.25, 0.3) is 120 Å². The van der Waals surface area contributed by atoms with Gasteiger partial charge in [-0.15, -0.1) is 11.3 Å². The van der Waals surface area contributed by atoms with Gasteiger partial charge in [-0.1, -0.05) is 158 Å². The van der Waals surface area contributed by atoms with Crippen LogP contribution in [0.15, 0.2) is 212 Å². The molecule has 63 heavy (non-hydrogen) atoms. The lowest BCUT2D eigenvalue weighted by Crippen LogP contribution is -2.06. The van der Waals surface area contributed by atoms with E-state index in [9.17, 15) is 0 Å². The topological polar surface area (TPSA) is 48.5 Å². The Hall–Kier alpha value is -8.19. The molecule has 0 atom stereocenters. The van der Waals surface area contributed by atoms with Crippen LogP contribution in [0.4, 0.5) is 0 Å². The summed E-state index contributed by atoms with van der Waals surface area (Å²) in [4.78, 5) is 16.0. The maximum Gasteiger partial charge on any atom is 0.238 e. The van der Waals surface area contributed by atoms with E-state index < -0.39 is 0 Å². The quantitative estimate of drug-likeness (QED) is 0.168. The SMILES string of the molecule is c1ccc(-c2ccc(-n3c4ccccc4c4c3ccc3c5ccccc5n(-c5nc(-c6ccccc6)nc(-c6ccc7sc8ccccc8c7c6)n5)c34)c(-c3ccccc3)c2)cc1. The second-order valence-corrected chi connectivity index (χ2v) is 17.1. The molecule has 0 bridgehead atoms.